The van der Waals surface area contributed by atoms with Gasteiger partial charge in [0.05, 0.1) is 5.92 Å². The molecule has 0 aromatic heterocycles. The van der Waals surface area contributed by atoms with Crippen LogP contribution in [0.5, 0.6) is 0 Å². The number of piperidine rings is 1. The second-order valence-corrected chi connectivity index (χ2v) is 3.05. The lowest BCUT2D eigenvalue weighted by atomic mass is 10.3. The van der Waals surface area contributed by atoms with Gasteiger partial charge >= 0.3 is 6.18 Å². The molecule has 11 heavy (non-hydrogen) atoms. The molecule has 1 heterocycles. The van der Waals surface area contributed by atoms with E-state index in [2.05, 4.69) is 5.32 Å². The summed E-state index contributed by atoms with van der Waals surface area (Å²) >= 11 is 0. The molecule has 1 aliphatic carbocycles. The number of nitrogens with one attached hydrogen (secondary N) is 1. The molecule has 1 saturated heterocycles. The first-order valence-electron chi connectivity index (χ1n) is 3.38. The van der Waals surface area contributed by atoms with E-state index in [1.807, 2.05) is 0 Å². The van der Waals surface area contributed by atoms with Crippen molar-refractivity contribution in [2.24, 2.45) is 17.8 Å². The standard InChI is InChI=1S/C6H8F3N.ClH/c7-6(8,9)5-3-1-10-2-4(3)5;/h3-5,10H,1-2H2;1H. The summed E-state index contributed by atoms with van der Waals surface area (Å²) in [5, 5.41) is 2.92. The first kappa shape index (κ1) is 9.13. The Morgan fingerprint density at radius 3 is 1.82 bits per heavy atom. The van der Waals surface area contributed by atoms with Crippen LogP contribution in [0.25, 0.3) is 0 Å². The average Bonchev–Trinajstić information content (AvgIpc) is 2.30. The Labute approximate surface area is 68.8 Å². The second kappa shape index (κ2) is 2.52. The van der Waals surface area contributed by atoms with Crippen LogP contribution in [0.4, 0.5) is 13.2 Å². The van der Waals surface area contributed by atoms with Crippen LogP contribution in [-0.2, 0) is 0 Å². The molecule has 2 fully saturated rings. The van der Waals surface area contributed by atoms with Crippen LogP contribution >= 0.6 is 12.4 Å². The van der Waals surface area contributed by atoms with Gasteiger partial charge in [0.25, 0.3) is 0 Å². The minimum absolute atomic E-state index is 0. The first-order chi connectivity index (χ1) is 4.61. The molecule has 66 valence electrons. The molecule has 0 aromatic rings. The normalized spacial score (nSPS) is 41.2. The van der Waals surface area contributed by atoms with Crippen LogP contribution in [0.2, 0.25) is 0 Å². The molecule has 0 bridgehead atoms. The van der Waals surface area contributed by atoms with Crippen LogP contribution in [0.1, 0.15) is 0 Å². The highest BCUT2D eigenvalue weighted by Crippen LogP contribution is 2.56. The van der Waals surface area contributed by atoms with Crippen molar-refractivity contribution in [3.05, 3.63) is 0 Å². The van der Waals surface area contributed by atoms with Gasteiger partial charge in [-0.3, -0.25) is 0 Å². The molecule has 2 atom stereocenters. The third kappa shape index (κ3) is 1.34. The molecule has 1 aliphatic heterocycles. The Morgan fingerprint density at radius 1 is 1.09 bits per heavy atom. The third-order valence-electron chi connectivity index (χ3n) is 2.47. The lowest BCUT2D eigenvalue weighted by Crippen LogP contribution is -2.23. The Kier molecular flexibility index (Phi) is 2.09. The lowest BCUT2D eigenvalue weighted by Gasteiger charge is -2.07. The highest BCUT2D eigenvalue weighted by atomic mass is 35.5. The van der Waals surface area contributed by atoms with E-state index in [1.54, 1.807) is 0 Å². The number of alkyl halides is 3. The van der Waals surface area contributed by atoms with Gasteiger partial charge in [0, 0.05) is 0 Å². The minimum Gasteiger partial charge on any atom is -0.316 e. The van der Waals surface area contributed by atoms with Gasteiger partial charge in [0.15, 0.2) is 0 Å². The van der Waals surface area contributed by atoms with Gasteiger partial charge in [-0.25, -0.2) is 0 Å². The predicted molar refractivity (Wildman–Crippen MR) is 36.6 cm³/mol. The molecule has 2 aliphatic rings. The monoisotopic (exact) mass is 187 g/mol. The van der Waals surface area contributed by atoms with Crippen molar-refractivity contribution >= 4 is 12.4 Å². The number of rotatable bonds is 0. The summed E-state index contributed by atoms with van der Waals surface area (Å²) in [6.07, 6.45) is -3.93. The van der Waals surface area contributed by atoms with Crippen LogP contribution < -0.4 is 5.32 Å². The predicted octanol–water partition coefficient (Wildman–Crippen LogP) is 1.44. The Bertz CT molecular complexity index is 148. The molecule has 1 nitrogen and oxygen atoms in total. The molecular formula is C6H9ClF3N. The highest BCUT2D eigenvalue weighted by molar-refractivity contribution is 5.85. The zero-order valence-corrected chi connectivity index (χ0v) is 6.50. The maximum Gasteiger partial charge on any atom is 0.392 e. The SMILES string of the molecule is Cl.FC(F)(F)C1C2CNCC21. The van der Waals surface area contributed by atoms with Crippen LogP contribution in [0, 0.1) is 17.8 Å². The number of hydrogen-bond donors (Lipinski definition) is 1. The first-order valence-corrected chi connectivity index (χ1v) is 3.38. The highest BCUT2D eigenvalue weighted by Gasteiger charge is 2.65. The van der Waals surface area contributed by atoms with Gasteiger partial charge in [-0.15, -0.1) is 12.4 Å². The molecule has 2 rings (SSSR count). The molecule has 1 saturated carbocycles. The fourth-order valence-corrected chi connectivity index (χ4v) is 1.90. The fraction of sp³-hybridized carbons (Fsp3) is 1.00. The second-order valence-electron chi connectivity index (χ2n) is 3.05. The maximum atomic E-state index is 11.9. The molecule has 0 spiro atoms. The number of halogens is 4. The zero-order chi connectivity index (χ0) is 7.35. The zero-order valence-electron chi connectivity index (χ0n) is 5.69. The number of fused-ring (bicyclic) bond motifs is 1. The average molecular weight is 188 g/mol. The summed E-state index contributed by atoms with van der Waals surface area (Å²) < 4.78 is 35.8. The van der Waals surface area contributed by atoms with E-state index in [-0.39, 0.29) is 24.2 Å². The molecule has 0 radical (unpaired) electrons. The quantitative estimate of drug-likeness (QED) is 0.605. The van der Waals surface area contributed by atoms with Crippen LogP contribution in [0.3, 0.4) is 0 Å². The van der Waals surface area contributed by atoms with Crippen molar-refractivity contribution in [3.8, 4) is 0 Å². The van der Waals surface area contributed by atoms with E-state index in [1.165, 1.54) is 0 Å². The van der Waals surface area contributed by atoms with Crippen molar-refractivity contribution in [2.45, 2.75) is 6.18 Å². The smallest absolute Gasteiger partial charge is 0.316 e. The van der Waals surface area contributed by atoms with Crippen LogP contribution in [-0.4, -0.2) is 19.3 Å². The van der Waals surface area contributed by atoms with Crippen molar-refractivity contribution in [2.75, 3.05) is 13.1 Å². The van der Waals surface area contributed by atoms with E-state index in [0.29, 0.717) is 13.1 Å². The summed E-state index contributed by atoms with van der Waals surface area (Å²) in [6.45, 7) is 1.13. The van der Waals surface area contributed by atoms with E-state index in [9.17, 15) is 13.2 Å². The largest absolute Gasteiger partial charge is 0.392 e. The van der Waals surface area contributed by atoms with Crippen LogP contribution in [0.15, 0.2) is 0 Å². The van der Waals surface area contributed by atoms with E-state index in [0.717, 1.165) is 0 Å². The van der Waals surface area contributed by atoms with Gasteiger partial charge in [0.1, 0.15) is 0 Å². The van der Waals surface area contributed by atoms with Crippen molar-refractivity contribution in [3.63, 3.8) is 0 Å². The Hall–Kier alpha value is 0.0400. The Balaban J connectivity index is 0.000000605. The molecular weight excluding hydrogens is 179 g/mol. The Morgan fingerprint density at radius 2 is 1.55 bits per heavy atom. The van der Waals surface area contributed by atoms with Crippen molar-refractivity contribution in [1.82, 2.24) is 5.32 Å². The molecule has 0 amide bonds. The van der Waals surface area contributed by atoms with Gasteiger partial charge in [-0.1, -0.05) is 0 Å². The summed E-state index contributed by atoms with van der Waals surface area (Å²) in [6, 6.07) is 0. The lowest BCUT2D eigenvalue weighted by molar-refractivity contribution is -0.154. The van der Waals surface area contributed by atoms with Gasteiger partial charge in [-0.2, -0.15) is 13.2 Å². The maximum absolute atomic E-state index is 11.9. The summed E-state index contributed by atoms with van der Waals surface area (Å²) in [5.74, 6) is -1.17. The van der Waals surface area contributed by atoms with Gasteiger partial charge in [0.2, 0.25) is 0 Å². The molecule has 1 N–H and O–H groups in total. The number of hydrogen-bond acceptors (Lipinski definition) is 1. The third-order valence-corrected chi connectivity index (χ3v) is 2.47. The molecule has 2 unspecified atom stereocenters. The van der Waals surface area contributed by atoms with Crippen molar-refractivity contribution in [1.29, 1.82) is 0 Å². The molecule has 0 aromatic carbocycles. The van der Waals surface area contributed by atoms with Gasteiger partial charge < -0.3 is 5.32 Å². The summed E-state index contributed by atoms with van der Waals surface area (Å²) in [7, 11) is 0. The van der Waals surface area contributed by atoms with Crippen molar-refractivity contribution < 1.29 is 13.2 Å². The fourth-order valence-electron chi connectivity index (χ4n) is 1.90. The summed E-state index contributed by atoms with van der Waals surface area (Å²) in [4.78, 5) is 0. The van der Waals surface area contributed by atoms with E-state index < -0.39 is 12.1 Å². The minimum atomic E-state index is -3.93. The summed E-state index contributed by atoms with van der Waals surface area (Å²) in [5.41, 5.74) is 0. The van der Waals surface area contributed by atoms with E-state index in [4.69, 9.17) is 0 Å². The van der Waals surface area contributed by atoms with E-state index >= 15 is 0 Å². The molecule has 5 heteroatoms. The topological polar surface area (TPSA) is 12.0 Å². The van der Waals surface area contributed by atoms with Gasteiger partial charge in [-0.05, 0) is 24.9 Å².